The van der Waals surface area contributed by atoms with E-state index in [1.165, 1.54) is 0 Å². The molecule has 1 fully saturated rings. The topological polar surface area (TPSA) is 48.0 Å². The zero-order valence-electron chi connectivity index (χ0n) is 13.5. The maximum Gasteiger partial charge on any atom is 0.254 e. The van der Waals surface area contributed by atoms with E-state index in [1.54, 1.807) is 12.1 Å². The van der Waals surface area contributed by atoms with Crippen LogP contribution in [0.3, 0.4) is 0 Å². The summed E-state index contributed by atoms with van der Waals surface area (Å²) in [7, 11) is 0. The lowest BCUT2D eigenvalue weighted by Gasteiger charge is -2.26. The summed E-state index contributed by atoms with van der Waals surface area (Å²) in [5.41, 5.74) is 0.671. The van der Waals surface area contributed by atoms with Gasteiger partial charge in [0.05, 0.1) is 13.2 Å². The first kappa shape index (κ1) is 16.3. The maximum absolute atomic E-state index is 12.3. The van der Waals surface area contributed by atoms with Crippen LogP contribution in [0.15, 0.2) is 54.6 Å². The van der Waals surface area contributed by atoms with Crippen molar-refractivity contribution < 1.29 is 19.0 Å². The third kappa shape index (κ3) is 4.49. The largest absolute Gasteiger partial charge is 0.490 e. The van der Waals surface area contributed by atoms with Crippen molar-refractivity contribution in [3.63, 3.8) is 0 Å². The Bertz CT molecular complexity index is 636. The molecule has 0 bridgehead atoms. The molecule has 1 amide bonds. The second-order valence-corrected chi connectivity index (χ2v) is 5.44. The number of hydrogen-bond acceptors (Lipinski definition) is 4. The third-order valence-electron chi connectivity index (χ3n) is 3.76. The molecule has 0 saturated carbocycles. The Kier molecular flexibility index (Phi) is 5.69. The van der Waals surface area contributed by atoms with Crippen molar-refractivity contribution in [3.05, 3.63) is 60.2 Å². The third-order valence-corrected chi connectivity index (χ3v) is 3.76. The molecule has 3 rings (SSSR count). The minimum atomic E-state index is 0.0391. The second kappa shape index (κ2) is 8.36. The number of benzene rings is 2. The first-order valence-corrected chi connectivity index (χ1v) is 8.11. The van der Waals surface area contributed by atoms with Gasteiger partial charge in [-0.2, -0.15) is 0 Å². The Morgan fingerprint density at radius 2 is 1.46 bits per heavy atom. The average Bonchev–Trinajstić information content (AvgIpc) is 2.67. The van der Waals surface area contributed by atoms with Crippen molar-refractivity contribution in [2.75, 3.05) is 39.5 Å². The van der Waals surface area contributed by atoms with Crippen LogP contribution in [0.2, 0.25) is 0 Å². The number of nitrogens with zero attached hydrogens (tertiary/aromatic N) is 1. The molecular weight excluding hydrogens is 306 g/mol. The number of morpholine rings is 1. The summed E-state index contributed by atoms with van der Waals surface area (Å²) in [6, 6.07) is 16.9. The lowest BCUT2D eigenvalue weighted by atomic mass is 10.2. The number of hydrogen-bond donors (Lipinski definition) is 0. The predicted molar refractivity (Wildman–Crippen MR) is 90.6 cm³/mol. The van der Waals surface area contributed by atoms with E-state index in [0.717, 1.165) is 11.5 Å². The van der Waals surface area contributed by atoms with Crippen LogP contribution in [0.25, 0.3) is 0 Å². The molecule has 0 unspecified atom stereocenters. The standard InChI is InChI=1S/C19H21NO4/c21-19(20-10-12-22-13-11-20)16-6-8-18(9-7-16)24-15-14-23-17-4-2-1-3-5-17/h1-9H,10-15H2. The van der Waals surface area contributed by atoms with Crippen LogP contribution in [-0.4, -0.2) is 50.3 Å². The molecule has 2 aromatic carbocycles. The van der Waals surface area contributed by atoms with Crippen LogP contribution in [0.1, 0.15) is 10.4 Å². The monoisotopic (exact) mass is 327 g/mol. The van der Waals surface area contributed by atoms with Gasteiger partial charge in [0.15, 0.2) is 0 Å². The van der Waals surface area contributed by atoms with Gasteiger partial charge in [0.1, 0.15) is 24.7 Å². The predicted octanol–water partition coefficient (Wildman–Crippen LogP) is 2.62. The number of ether oxygens (including phenoxy) is 3. The van der Waals surface area contributed by atoms with Crippen LogP contribution >= 0.6 is 0 Å². The molecule has 1 aliphatic heterocycles. The molecule has 0 spiro atoms. The molecule has 0 atom stereocenters. The number of carbonyl (C=O) groups excluding carboxylic acids is 1. The van der Waals surface area contributed by atoms with E-state index in [2.05, 4.69) is 0 Å². The second-order valence-electron chi connectivity index (χ2n) is 5.44. The molecule has 5 nitrogen and oxygen atoms in total. The van der Waals surface area contributed by atoms with Gasteiger partial charge in [0.2, 0.25) is 0 Å². The molecule has 5 heteroatoms. The van der Waals surface area contributed by atoms with Crippen LogP contribution in [-0.2, 0) is 4.74 Å². The maximum atomic E-state index is 12.3. The fourth-order valence-corrected chi connectivity index (χ4v) is 2.48. The van der Waals surface area contributed by atoms with E-state index in [-0.39, 0.29) is 5.91 Å². The van der Waals surface area contributed by atoms with E-state index >= 15 is 0 Å². The lowest BCUT2D eigenvalue weighted by molar-refractivity contribution is 0.0303. The molecule has 0 radical (unpaired) electrons. The summed E-state index contributed by atoms with van der Waals surface area (Å²) < 4.78 is 16.5. The highest BCUT2D eigenvalue weighted by Crippen LogP contribution is 2.15. The van der Waals surface area contributed by atoms with E-state index < -0.39 is 0 Å². The quantitative estimate of drug-likeness (QED) is 0.765. The van der Waals surface area contributed by atoms with Crippen molar-refractivity contribution in [3.8, 4) is 11.5 Å². The normalized spacial score (nSPS) is 14.2. The minimum Gasteiger partial charge on any atom is -0.490 e. The van der Waals surface area contributed by atoms with Crippen molar-refractivity contribution >= 4 is 5.91 Å². The van der Waals surface area contributed by atoms with Crippen LogP contribution < -0.4 is 9.47 Å². The van der Waals surface area contributed by atoms with E-state index in [0.29, 0.717) is 45.1 Å². The van der Waals surface area contributed by atoms with Crippen molar-refractivity contribution in [1.82, 2.24) is 4.90 Å². The summed E-state index contributed by atoms with van der Waals surface area (Å²) in [6.45, 7) is 3.43. The van der Waals surface area contributed by atoms with Gasteiger partial charge in [-0.15, -0.1) is 0 Å². The number of amides is 1. The molecule has 0 N–H and O–H groups in total. The molecule has 1 aliphatic rings. The number of carbonyl (C=O) groups is 1. The SMILES string of the molecule is O=C(c1ccc(OCCOc2ccccc2)cc1)N1CCOCC1. The molecule has 126 valence electrons. The zero-order chi connectivity index (χ0) is 16.6. The van der Waals surface area contributed by atoms with Crippen LogP contribution in [0.5, 0.6) is 11.5 Å². The lowest BCUT2D eigenvalue weighted by Crippen LogP contribution is -2.40. The van der Waals surface area contributed by atoms with Gasteiger partial charge in [-0.1, -0.05) is 18.2 Å². The Balaban J connectivity index is 1.45. The van der Waals surface area contributed by atoms with Crippen molar-refractivity contribution in [2.24, 2.45) is 0 Å². The summed E-state index contributed by atoms with van der Waals surface area (Å²) in [6.07, 6.45) is 0. The zero-order valence-corrected chi connectivity index (χ0v) is 13.5. The minimum absolute atomic E-state index is 0.0391. The number of para-hydroxylation sites is 1. The Morgan fingerprint density at radius 1 is 0.875 bits per heavy atom. The summed E-state index contributed by atoms with van der Waals surface area (Å²) in [4.78, 5) is 14.2. The average molecular weight is 327 g/mol. The van der Waals surface area contributed by atoms with Gasteiger partial charge in [-0.25, -0.2) is 0 Å². The van der Waals surface area contributed by atoms with Gasteiger partial charge < -0.3 is 19.1 Å². The van der Waals surface area contributed by atoms with Crippen LogP contribution in [0.4, 0.5) is 0 Å². The number of rotatable bonds is 6. The first-order chi connectivity index (χ1) is 11.8. The molecule has 1 saturated heterocycles. The fourth-order valence-electron chi connectivity index (χ4n) is 2.48. The molecule has 0 aliphatic carbocycles. The molecule has 1 heterocycles. The Labute approximate surface area is 141 Å². The van der Waals surface area contributed by atoms with E-state index in [1.807, 2.05) is 47.4 Å². The molecule has 2 aromatic rings. The van der Waals surface area contributed by atoms with Gasteiger partial charge in [0, 0.05) is 18.7 Å². The van der Waals surface area contributed by atoms with E-state index in [9.17, 15) is 4.79 Å². The van der Waals surface area contributed by atoms with Gasteiger partial charge in [-0.05, 0) is 36.4 Å². The highest BCUT2D eigenvalue weighted by atomic mass is 16.5. The highest BCUT2D eigenvalue weighted by Gasteiger charge is 2.18. The Hall–Kier alpha value is -2.53. The van der Waals surface area contributed by atoms with E-state index in [4.69, 9.17) is 14.2 Å². The summed E-state index contributed by atoms with van der Waals surface area (Å²) in [5, 5.41) is 0. The first-order valence-electron chi connectivity index (χ1n) is 8.11. The summed E-state index contributed by atoms with van der Waals surface area (Å²) in [5.74, 6) is 1.59. The molecule has 24 heavy (non-hydrogen) atoms. The van der Waals surface area contributed by atoms with Crippen molar-refractivity contribution in [1.29, 1.82) is 0 Å². The molecular formula is C19H21NO4. The smallest absolute Gasteiger partial charge is 0.254 e. The van der Waals surface area contributed by atoms with Crippen molar-refractivity contribution in [2.45, 2.75) is 0 Å². The fraction of sp³-hybridized carbons (Fsp3) is 0.316. The van der Waals surface area contributed by atoms with Gasteiger partial charge in [-0.3, -0.25) is 4.79 Å². The molecule has 0 aromatic heterocycles. The van der Waals surface area contributed by atoms with Gasteiger partial charge in [0.25, 0.3) is 5.91 Å². The van der Waals surface area contributed by atoms with Gasteiger partial charge >= 0.3 is 0 Å². The highest BCUT2D eigenvalue weighted by molar-refractivity contribution is 5.94. The summed E-state index contributed by atoms with van der Waals surface area (Å²) >= 11 is 0. The Morgan fingerprint density at radius 3 is 2.08 bits per heavy atom. The van der Waals surface area contributed by atoms with Crippen LogP contribution in [0, 0.1) is 0 Å².